The van der Waals surface area contributed by atoms with Crippen molar-refractivity contribution in [2.45, 2.75) is 18.8 Å². The molecule has 1 aliphatic carbocycles. The van der Waals surface area contributed by atoms with Crippen LogP contribution in [0.1, 0.15) is 34.8 Å². The Morgan fingerprint density at radius 3 is 2.74 bits per heavy atom. The maximum atomic E-state index is 11.4. The molecule has 2 aromatic rings. The molecule has 0 saturated heterocycles. The Morgan fingerprint density at radius 1 is 1.26 bits per heavy atom. The average Bonchev–Trinajstić information content (AvgIpc) is 3.12. The maximum absolute atomic E-state index is 11.4. The van der Waals surface area contributed by atoms with Gasteiger partial charge in [0.1, 0.15) is 0 Å². The fraction of sp³-hybridized carbons (Fsp3) is 0.188. The zero-order valence-electron chi connectivity index (χ0n) is 10.4. The molecule has 0 aliphatic heterocycles. The monoisotopic (exact) mass is 270 g/mol. The lowest BCUT2D eigenvalue weighted by Gasteiger charge is -2.02. The lowest BCUT2D eigenvalue weighted by Crippen LogP contribution is -1.97. The topological polar surface area (TPSA) is 37.3 Å². The van der Waals surface area contributed by atoms with Crippen LogP contribution in [0.25, 0.3) is 11.6 Å². The van der Waals surface area contributed by atoms with Gasteiger partial charge in [-0.1, -0.05) is 30.3 Å². The van der Waals surface area contributed by atoms with Crippen molar-refractivity contribution in [3.63, 3.8) is 0 Å². The molecule has 0 atom stereocenters. The molecule has 0 unspecified atom stereocenters. The first-order valence-corrected chi connectivity index (χ1v) is 7.21. The first-order valence-electron chi connectivity index (χ1n) is 6.33. The van der Waals surface area contributed by atoms with Gasteiger partial charge in [0.25, 0.3) is 0 Å². The van der Waals surface area contributed by atoms with E-state index in [2.05, 4.69) is 12.1 Å². The molecule has 1 aromatic heterocycles. The van der Waals surface area contributed by atoms with Gasteiger partial charge in [0.2, 0.25) is 0 Å². The summed E-state index contributed by atoms with van der Waals surface area (Å²) in [6, 6.07) is 11.9. The summed E-state index contributed by atoms with van der Waals surface area (Å²) in [7, 11) is 0. The predicted molar refractivity (Wildman–Crippen MR) is 78.2 cm³/mol. The van der Waals surface area contributed by atoms with Crippen molar-refractivity contribution in [2.75, 3.05) is 0 Å². The van der Waals surface area contributed by atoms with E-state index >= 15 is 0 Å². The fourth-order valence-corrected chi connectivity index (χ4v) is 2.89. The van der Waals surface area contributed by atoms with Gasteiger partial charge in [-0.25, -0.2) is 4.79 Å². The molecule has 3 heteroatoms. The summed E-state index contributed by atoms with van der Waals surface area (Å²) >= 11 is 1.45. The second-order valence-electron chi connectivity index (χ2n) is 4.78. The molecule has 0 bridgehead atoms. The summed E-state index contributed by atoms with van der Waals surface area (Å²) in [4.78, 5) is 12.2. The highest BCUT2D eigenvalue weighted by atomic mass is 32.1. The van der Waals surface area contributed by atoms with Gasteiger partial charge >= 0.3 is 5.97 Å². The molecular weight excluding hydrogens is 256 g/mol. The Balaban J connectivity index is 1.97. The summed E-state index contributed by atoms with van der Waals surface area (Å²) in [6.07, 6.45) is 4.27. The Bertz CT molecular complexity index is 622. The van der Waals surface area contributed by atoms with Crippen LogP contribution in [-0.2, 0) is 4.79 Å². The highest BCUT2D eigenvalue weighted by Gasteiger charge is 2.23. The smallest absolute Gasteiger partial charge is 0.337 e. The summed E-state index contributed by atoms with van der Waals surface area (Å²) in [6.45, 7) is 0. The Labute approximate surface area is 116 Å². The van der Waals surface area contributed by atoms with Crippen LogP contribution in [0.2, 0.25) is 0 Å². The molecule has 1 aliphatic rings. The Morgan fingerprint density at radius 2 is 2.11 bits per heavy atom. The third-order valence-corrected chi connectivity index (χ3v) is 4.19. The van der Waals surface area contributed by atoms with Crippen LogP contribution in [-0.4, -0.2) is 11.1 Å². The number of rotatable bonds is 4. The number of aliphatic carboxylic acids is 1. The van der Waals surface area contributed by atoms with E-state index in [1.165, 1.54) is 29.7 Å². The number of carboxylic acid groups (broad SMARTS) is 1. The normalized spacial score (nSPS) is 15.5. The lowest BCUT2D eigenvalue weighted by molar-refractivity contribution is -0.130. The number of hydrogen-bond acceptors (Lipinski definition) is 2. The number of carbonyl (C=O) groups is 1. The summed E-state index contributed by atoms with van der Waals surface area (Å²) in [5.41, 5.74) is 2.66. The third-order valence-electron chi connectivity index (χ3n) is 3.29. The first kappa shape index (κ1) is 12.2. The minimum absolute atomic E-state index is 0.364. The molecule has 2 nitrogen and oxygen atoms in total. The minimum Gasteiger partial charge on any atom is -0.478 e. The van der Waals surface area contributed by atoms with Crippen LogP contribution in [0.15, 0.2) is 41.8 Å². The zero-order valence-corrected chi connectivity index (χ0v) is 11.2. The van der Waals surface area contributed by atoms with E-state index in [0.717, 1.165) is 10.4 Å². The number of hydrogen-bond donors (Lipinski definition) is 1. The summed E-state index contributed by atoms with van der Waals surface area (Å²) < 4.78 is 0. The molecule has 0 radical (unpaired) electrons. The average molecular weight is 270 g/mol. The second-order valence-corrected chi connectivity index (χ2v) is 5.73. The lowest BCUT2D eigenvalue weighted by atomic mass is 10.0. The summed E-state index contributed by atoms with van der Waals surface area (Å²) in [5, 5.41) is 11.2. The van der Waals surface area contributed by atoms with Crippen molar-refractivity contribution < 1.29 is 9.90 Å². The molecule has 19 heavy (non-hydrogen) atoms. The minimum atomic E-state index is -0.876. The van der Waals surface area contributed by atoms with E-state index in [1.807, 2.05) is 29.6 Å². The Hall–Kier alpha value is -1.87. The van der Waals surface area contributed by atoms with Crippen LogP contribution in [0.4, 0.5) is 0 Å². The van der Waals surface area contributed by atoms with Gasteiger partial charge in [0.05, 0.1) is 5.57 Å². The number of thiophene rings is 1. The van der Waals surface area contributed by atoms with Crippen molar-refractivity contribution >= 4 is 29.0 Å². The van der Waals surface area contributed by atoms with E-state index in [-0.39, 0.29) is 0 Å². The van der Waals surface area contributed by atoms with Crippen LogP contribution in [0.3, 0.4) is 0 Å². The fourth-order valence-electron chi connectivity index (χ4n) is 2.16. The van der Waals surface area contributed by atoms with Gasteiger partial charge in [-0.3, -0.25) is 0 Å². The van der Waals surface area contributed by atoms with Gasteiger partial charge in [0.15, 0.2) is 0 Å². The van der Waals surface area contributed by atoms with Crippen LogP contribution in [0.5, 0.6) is 0 Å². The SMILES string of the molecule is O=C(O)C(=Cc1cccc(C2CC2)c1)c1cccs1. The van der Waals surface area contributed by atoms with Gasteiger partial charge in [-0.15, -0.1) is 11.3 Å². The largest absolute Gasteiger partial charge is 0.478 e. The molecule has 1 aromatic carbocycles. The zero-order chi connectivity index (χ0) is 13.2. The predicted octanol–water partition coefficient (Wildman–Crippen LogP) is 4.25. The molecule has 1 heterocycles. The van der Waals surface area contributed by atoms with E-state index in [9.17, 15) is 9.90 Å². The molecular formula is C16H14O2S. The highest BCUT2D eigenvalue weighted by Crippen LogP contribution is 2.40. The quantitative estimate of drug-likeness (QED) is 0.843. The Kier molecular flexibility index (Phi) is 3.22. The van der Waals surface area contributed by atoms with Gasteiger partial charge < -0.3 is 5.11 Å². The second kappa shape index (κ2) is 5.02. The van der Waals surface area contributed by atoms with Crippen molar-refractivity contribution in [1.82, 2.24) is 0 Å². The molecule has 0 amide bonds. The molecule has 1 saturated carbocycles. The van der Waals surface area contributed by atoms with E-state index in [4.69, 9.17) is 0 Å². The van der Waals surface area contributed by atoms with E-state index < -0.39 is 5.97 Å². The van der Waals surface area contributed by atoms with Crippen molar-refractivity contribution in [3.8, 4) is 0 Å². The molecule has 96 valence electrons. The first-order chi connectivity index (χ1) is 9.24. The van der Waals surface area contributed by atoms with Crippen molar-refractivity contribution in [1.29, 1.82) is 0 Å². The molecule has 3 rings (SSSR count). The number of benzene rings is 1. The van der Waals surface area contributed by atoms with E-state index in [1.54, 1.807) is 6.08 Å². The standard InChI is InChI=1S/C16H14O2S/c17-16(18)14(15-5-2-8-19-15)10-11-3-1-4-13(9-11)12-6-7-12/h1-5,8-10,12H,6-7H2,(H,17,18). The number of carboxylic acids is 1. The van der Waals surface area contributed by atoms with Crippen LogP contribution in [0, 0.1) is 0 Å². The molecule has 1 N–H and O–H groups in total. The maximum Gasteiger partial charge on any atom is 0.337 e. The van der Waals surface area contributed by atoms with Crippen LogP contribution >= 0.6 is 11.3 Å². The third kappa shape index (κ3) is 2.76. The highest BCUT2D eigenvalue weighted by molar-refractivity contribution is 7.11. The molecule has 1 fully saturated rings. The van der Waals surface area contributed by atoms with E-state index in [0.29, 0.717) is 11.5 Å². The van der Waals surface area contributed by atoms with Crippen molar-refractivity contribution in [3.05, 3.63) is 57.8 Å². The van der Waals surface area contributed by atoms with Gasteiger partial charge in [0, 0.05) is 4.88 Å². The summed E-state index contributed by atoms with van der Waals surface area (Å²) in [5.74, 6) is -0.192. The van der Waals surface area contributed by atoms with Crippen molar-refractivity contribution in [2.24, 2.45) is 0 Å². The van der Waals surface area contributed by atoms with Crippen LogP contribution < -0.4 is 0 Å². The molecule has 0 spiro atoms. The van der Waals surface area contributed by atoms with Gasteiger partial charge in [-0.2, -0.15) is 0 Å². The van der Waals surface area contributed by atoms with Gasteiger partial charge in [-0.05, 0) is 47.4 Å².